The second-order valence-electron chi connectivity index (χ2n) is 10.8. The number of anilines is 1. The predicted octanol–water partition coefficient (Wildman–Crippen LogP) is 5.31. The lowest BCUT2D eigenvalue weighted by Crippen LogP contribution is -2.43. The molecular formula is C33H37N5O2S. The topological polar surface area (TPSA) is 70.5 Å². The highest BCUT2D eigenvalue weighted by Crippen LogP contribution is 2.49. The van der Waals surface area contributed by atoms with Gasteiger partial charge in [0, 0.05) is 24.2 Å². The van der Waals surface area contributed by atoms with Crippen LogP contribution in [0.5, 0.6) is 0 Å². The molecule has 0 aliphatic carbocycles. The van der Waals surface area contributed by atoms with Crippen molar-refractivity contribution in [3.63, 3.8) is 0 Å². The Morgan fingerprint density at radius 1 is 1.00 bits per heavy atom. The molecule has 3 aromatic carbocycles. The van der Waals surface area contributed by atoms with E-state index in [0.717, 1.165) is 51.3 Å². The summed E-state index contributed by atoms with van der Waals surface area (Å²) in [5.74, 6) is 0.599. The molecule has 7 nitrogen and oxygen atoms in total. The molecular weight excluding hydrogens is 530 g/mol. The molecule has 0 saturated heterocycles. The SMILES string of the molecule is Cc1ccc(-n2nc(-c3ccccc3)c3c2N(CC(=O)NCCN(C)C)C(=O)CSC3c2ccccc2C)c(C)c1. The van der Waals surface area contributed by atoms with Crippen molar-refractivity contribution in [1.82, 2.24) is 20.0 Å². The molecule has 1 aliphatic rings. The summed E-state index contributed by atoms with van der Waals surface area (Å²) >= 11 is 1.60. The first kappa shape index (κ1) is 28.6. The number of nitrogens with one attached hydrogen (secondary N) is 1. The zero-order chi connectivity index (χ0) is 29.1. The second-order valence-corrected chi connectivity index (χ2v) is 11.9. The normalized spacial score (nSPS) is 15.1. The van der Waals surface area contributed by atoms with E-state index in [1.54, 1.807) is 16.7 Å². The molecule has 5 rings (SSSR count). The highest BCUT2D eigenvalue weighted by atomic mass is 32.2. The molecule has 0 radical (unpaired) electrons. The van der Waals surface area contributed by atoms with E-state index in [-0.39, 0.29) is 29.4 Å². The Balaban J connectivity index is 1.76. The first-order valence-corrected chi connectivity index (χ1v) is 14.9. The zero-order valence-corrected chi connectivity index (χ0v) is 25.2. The maximum absolute atomic E-state index is 13.9. The summed E-state index contributed by atoms with van der Waals surface area (Å²) in [5.41, 5.74) is 8.09. The van der Waals surface area contributed by atoms with Gasteiger partial charge in [-0.2, -0.15) is 5.10 Å². The van der Waals surface area contributed by atoms with Gasteiger partial charge in [-0.15, -0.1) is 11.8 Å². The van der Waals surface area contributed by atoms with Crippen LogP contribution < -0.4 is 10.2 Å². The van der Waals surface area contributed by atoms with Crippen molar-refractivity contribution < 1.29 is 9.59 Å². The molecule has 0 saturated carbocycles. The number of benzene rings is 3. The van der Waals surface area contributed by atoms with E-state index >= 15 is 0 Å². The van der Waals surface area contributed by atoms with Crippen molar-refractivity contribution in [2.75, 3.05) is 44.4 Å². The van der Waals surface area contributed by atoms with Crippen LogP contribution in [0, 0.1) is 20.8 Å². The lowest BCUT2D eigenvalue weighted by molar-refractivity contribution is -0.122. The molecule has 41 heavy (non-hydrogen) atoms. The number of rotatable bonds is 8. The fraction of sp³-hybridized carbons (Fsp3) is 0.303. The van der Waals surface area contributed by atoms with Crippen molar-refractivity contribution in [3.8, 4) is 16.9 Å². The average molecular weight is 568 g/mol. The Morgan fingerprint density at radius 3 is 2.44 bits per heavy atom. The van der Waals surface area contributed by atoms with Gasteiger partial charge in [0.15, 0.2) is 0 Å². The van der Waals surface area contributed by atoms with Crippen LogP contribution >= 0.6 is 11.8 Å². The van der Waals surface area contributed by atoms with E-state index in [1.165, 1.54) is 0 Å². The number of thioether (sulfide) groups is 1. The molecule has 2 heterocycles. The lowest BCUT2D eigenvalue weighted by atomic mass is 9.96. The number of hydrogen-bond acceptors (Lipinski definition) is 5. The summed E-state index contributed by atoms with van der Waals surface area (Å²) in [6, 6.07) is 24.7. The van der Waals surface area contributed by atoms with Crippen molar-refractivity contribution >= 4 is 29.4 Å². The maximum Gasteiger partial charge on any atom is 0.240 e. The standard InChI is InChI=1S/C33H37N5O2S/c1-22-15-16-27(24(3)19-22)38-33-30(31(35-38)25-12-7-6-8-13-25)32(26-14-10-9-11-23(26)2)41-21-29(40)37(33)20-28(39)34-17-18-36(4)5/h6-16,19,32H,17-18,20-21H2,1-5H3,(H,34,39). The summed E-state index contributed by atoms with van der Waals surface area (Å²) in [7, 11) is 3.93. The number of carbonyl (C=O) groups is 2. The van der Waals surface area contributed by atoms with Gasteiger partial charge >= 0.3 is 0 Å². The number of aryl methyl sites for hydroxylation is 3. The number of hydrogen-bond donors (Lipinski definition) is 1. The van der Waals surface area contributed by atoms with Gasteiger partial charge in [0.05, 0.1) is 22.4 Å². The third kappa shape index (κ3) is 6.09. The van der Waals surface area contributed by atoms with Crippen molar-refractivity contribution in [3.05, 3.63) is 101 Å². The van der Waals surface area contributed by atoms with Crippen LogP contribution in [-0.4, -0.2) is 66.0 Å². The van der Waals surface area contributed by atoms with Crippen molar-refractivity contribution in [2.45, 2.75) is 26.0 Å². The van der Waals surface area contributed by atoms with Crippen LogP contribution in [0.3, 0.4) is 0 Å². The minimum absolute atomic E-state index is 0.0782. The fourth-order valence-electron chi connectivity index (χ4n) is 5.28. The van der Waals surface area contributed by atoms with E-state index in [4.69, 9.17) is 5.10 Å². The van der Waals surface area contributed by atoms with Crippen LogP contribution in [0.15, 0.2) is 72.8 Å². The van der Waals surface area contributed by atoms with Crippen LogP contribution in [0.1, 0.15) is 33.1 Å². The molecule has 212 valence electrons. The van der Waals surface area contributed by atoms with Gasteiger partial charge in [0.1, 0.15) is 12.4 Å². The highest BCUT2D eigenvalue weighted by Gasteiger charge is 2.38. The molecule has 0 spiro atoms. The molecule has 2 amide bonds. The van der Waals surface area contributed by atoms with Gasteiger partial charge in [-0.25, -0.2) is 4.68 Å². The second kappa shape index (κ2) is 12.3. The largest absolute Gasteiger partial charge is 0.353 e. The van der Waals surface area contributed by atoms with Gasteiger partial charge in [0.25, 0.3) is 0 Å². The number of fused-ring (bicyclic) bond motifs is 1. The molecule has 1 aromatic heterocycles. The quantitative estimate of drug-likeness (QED) is 0.313. The zero-order valence-electron chi connectivity index (χ0n) is 24.3. The maximum atomic E-state index is 13.9. The first-order chi connectivity index (χ1) is 19.7. The Labute approximate surface area is 246 Å². The lowest BCUT2D eigenvalue weighted by Gasteiger charge is -2.24. The number of carbonyl (C=O) groups excluding carboxylic acids is 2. The number of likely N-dealkylation sites (N-methyl/N-ethyl adjacent to an activating group) is 1. The van der Waals surface area contributed by atoms with E-state index in [1.807, 2.05) is 60.1 Å². The summed E-state index contributed by atoms with van der Waals surface area (Å²) in [6.07, 6.45) is 0. The molecule has 1 unspecified atom stereocenters. The van der Waals surface area contributed by atoms with Gasteiger partial charge in [-0.05, 0) is 57.6 Å². The molecule has 1 aliphatic heterocycles. The third-order valence-corrected chi connectivity index (χ3v) is 8.61. The Hall–Kier alpha value is -3.88. The molecule has 0 fully saturated rings. The van der Waals surface area contributed by atoms with Gasteiger partial charge in [-0.1, -0.05) is 72.3 Å². The summed E-state index contributed by atoms with van der Waals surface area (Å²) in [6.45, 7) is 7.37. The van der Waals surface area contributed by atoms with Gasteiger partial charge in [0.2, 0.25) is 11.8 Å². The fourth-order valence-corrected chi connectivity index (χ4v) is 6.58. The average Bonchev–Trinajstić information content (AvgIpc) is 3.26. The van der Waals surface area contributed by atoms with Gasteiger partial charge in [-0.3, -0.25) is 14.5 Å². The summed E-state index contributed by atoms with van der Waals surface area (Å²) in [4.78, 5) is 30.8. The van der Waals surface area contributed by atoms with Crippen molar-refractivity contribution in [1.29, 1.82) is 0 Å². The molecule has 4 aromatic rings. The van der Waals surface area contributed by atoms with Crippen LogP contribution in [0.4, 0.5) is 5.82 Å². The summed E-state index contributed by atoms with van der Waals surface area (Å²) < 4.78 is 1.88. The monoisotopic (exact) mass is 567 g/mol. The predicted molar refractivity (Wildman–Crippen MR) is 168 cm³/mol. The number of aromatic nitrogens is 2. The first-order valence-electron chi connectivity index (χ1n) is 13.9. The molecule has 8 heteroatoms. The van der Waals surface area contributed by atoms with Crippen molar-refractivity contribution in [2.24, 2.45) is 0 Å². The Bertz CT molecular complexity index is 1560. The van der Waals surface area contributed by atoms with E-state index < -0.39 is 0 Å². The van der Waals surface area contributed by atoms with E-state index in [0.29, 0.717) is 12.4 Å². The molecule has 1 atom stereocenters. The Kier molecular flexibility index (Phi) is 8.61. The van der Waals surface area contributed by atoms with Crippen LogP contribution in [-0.2, 0) is 9.59 Å². The summed E-state index contributed by atoms with van der Waals surface area (Å²) in [5, 5.41) is 8.06. The van der Waals surface area contributed by atoms with E-state index in [2.05, 4.69) is 62.5 Å². The molecule has 0 bridgehead atoms. The van der Waals surface area contributed by atoms with Crippen LogP contribution in [0.2, 0.25) is 0 Å². The highest BCUT2D eigenvalue weighted by molar-refractivity contribution is 8.00. The minimum Gasteiger partial charge on any atom is -0.353 e. The Morgan fingerprint density at radius 2 is 1.73 bits per heavy atom. The van der Waals surface area contributed by atoms with Crippen LogP contribution in [0.25, 0.3) is 16.9 Å². The minimum atomic E-state index is -0.194. The molecule has 1 N–H and O–H groups in total. The smallest absolute Gasteiger partial charge is 0.240 e. The number of amides is 2. The number of nitrogens with zero attached hydrogens (tertiary/aromatic N) is 4. The van der Waals surface area contributed by atoms with E-state index in [9.17, 15) is 9.59 Å². The van der Waals surface area contributed by atoms with Gasteiger partial charge < -0.3 is 10.2 Å². The third-order valence-electron chi connectivity index (χ3n) is 7.37.